The summed E-state index contributed by atoms with van der Waals surface area (Å²) in [5, 5.41) is 10.1. The molecule has 2 fully saturated rings. The Morgan fingerprint density at radius 1 is 1.12 bits per heavy atom. The lowest BCUT2D eigenvalue weighted by Crippen LogP contribution is -2.44. The van der Waals surface area contributed by atoms with Gasteiger partial charge in [0.25, 0.3) is 0 Å². The normalized spacial score (nSPS) is 36.4. The van der Waals surface area contributed by atoms with Gasteiger partial charge in [0.2, 0.25) is 0 Å². The van der Waals surface area contributed by atoms with Gasteiger partial charge in [-0.05, 0) is 45.1 Å². The highest BCUT2D eigenvalue weighted by Crippen LogP contribution is 2.37. The Labute approximate surface area is 100 Å². The average molecular weight is 225 g/mol. The van der Waals surface area contributed by atoms with Crippen LogP contribution in [-0.4, -0.2) is 34.7 Å². The molecule has 2 heteroatoms. The van der Waals surface area contributed by atoms with Crippen molar-refractivity contribution in [2.45, 2.75) is 77.0 Å². The summed E-state index contributed by atoms with van der Waals surface area (Å²) in [5.41, 5.74) is 0. The minimum atomic E-state index is -0.0139. The lowest BCUT2D eigenvalue weighted by atomic mass is 9.92. The maximum atomic E-state index is 10.1. The largest absolute Gasteiger partial charge is 0.393 e. The van der Waals surface area contributed by atoms with Crippen LogP contribution in [0.15, 0.2) is 0 Å². The molecule has 1 N–H and O–H groups in total. The molecule has 2 aliphatic rings. The van der Waals surface area contributed by atoms with Crippen LogP contribution in [0.3, 0.4) is 0 Å². The van der Waals surface area contributed by atoms with Crippen molar-refractivity contribution < 1.29 is 5.11 Å². The van der Waals surface area contributed by atoms with Crippen LogP contribution < -0.4 is 0 Å². The number of nitrogens with zero attached hydrogens (tertiary/aromatic N) is 1. The molecule has 0 aromatic rings. The summed E-state index contributed by atoms with van der Waals surface area (Å²) in [6.45, 7) is 5.86. The van der Waals surface area contributed by atoms with Gasteiger partial charge in [-0.1, -0.05) is 20.3 Å². The van der Waals surface area contributed by atoms with E-state index in [-0.39, 0.29) is 6.10 Å². The fourth-order valence-electron chi connectivity index (χ4n) is 3.90. The third-order valence-corrected chi connectivity index (χ3v) is 4.78. The van der Waals surface area contributed by atoms with Crippen molar-refractivity contribution in [1.82, 2.24) is 4.90 Å². The molecule has 94 valence electrons. The fourth-order valence-corrected chi connectivity index (χ4v) is 3.90. The summed E-state index contributed by atoms with van der Waals surface area (Å²) in [4.78, 5) is 2.71. The molecule has 1 aliphatic carbocycles. The second kappa shape index (κ2) is 5.50. The van der Waals surface area contributed by atoms with Gasteiger partial charge in [0.1, 0.15) is 0 Å². The van der Waals surface area contributed by atoms with Gasteiger partial charge in [0, 0.05) is 18.0 Å². The third-order valence-electron chi connectivity index (χ3n) is 4.78. The van der Waals surface area contributed by atoms with Crippen LogP contribution in [0.2, 0.25) is 0 Å². The standard InChI is InChI=1S/C14H27NO/c1-3-11(4-2)15-10-6-8-13(15)12-7-5-9-14(12)16/h11-14,16H,3-10H2,1-2H3. The van der Waals surface area contributed by atoms with Crippen LogP contribution >= 0.6 is 0 Å². The second-order valence-corrected chi connectivity index (χ2v) is 5.58. The molecule has 1 saturated heterocycles. The predicted molar refractivity (Wildman–Crippen MR) is 67.4 cm³/mol. The summed E-state index contributed by atoms with van der Waals surface area (Å²) in [6.07, 6.45) is 8.69. The first-order valence-corrected chi connectivity index (χ1v) is 7.21. The van der Waals surface area contributed by atoms with Gasteiger partial charge in [-0.25, -0.2) is 0 Å². The van der Waals surface area contributed by atoms with E-state index in [0.29, 0.717) is 12.0 Å². The van der Waals surface area contributed by atoms with E-state index in [1.54, 1.807) is 0 Å². The number of aliphatic hydroxyl groups is 1. The van der Waals surface area contributed by atoms with E-state index in [2.05, 4.69) is 18.7 Å². The van der Waals surface area contributed by atoms with E-state index in [9.17, 15) is 5.11 Å². The molecular formula is C14H27NO. The molecule has 0 spiro atoms. The molecule has 3 atom stereocenters. The van der Waals surface area contributed by atoms with Gasteiger partial charge in [0.05, 0.1) is 6.10 Å². The van der Waals surface area contributed by atoms with Gasteiger partial charge in [-0.3, -0.25) is 4.90 Å². The molecule has 1 heterocycles. The highest BCUT2D eigenvalue weighted by Gasteiger charge is 2.39. The number of hydrogen-bond donors (Lipinski definition) is 1. The van der Waals surface area contributed by atoms with Crippen LogP contribution in [0.4, 0.5) is 0 Å². The molecule has 0 aromatic carbocycles. The molecule has 2 nitrogen and oxygen atoms in total. The monoisotopic (exact) mass is 225 g/mol. The van der Waals surface area contributed by atoms with Gasteiger partial charge < -0.3 is 5.11 Å². The van der Waals surface area contributed by atoms with Crippen molar-refractivity contribution in [3.63, 3.8) is 0 Å². The smallest absolute Gasteiger partial charge is 0.0583 e. The Morgan fingerprint density at radius 3 is 2.44 bits per heavy atom. The molecule has 0 aromatic heterocycles. The SMILES string of the molecule is CCC(CC)N1CCCC1C1CCCC1O. The van der Waals surface area contributed by atoms with Crippen LogP contribution in [0.5, 0.6) is 0 Å². The topological polar surface area (TPSA) is 23.5 Å². The summed E-state index contributed by atoms with van der Waals surface area (Å²) in [7, 11) is 0. The first-order chi connectivity index (χ1) is 7.77. The third kappa shape index (κ3) is 2.28. The zero-order valence-corrected chi connectivity index (χ0v) is 10.9. The second-order valence-electron chi connectivity index (χ2n) is 5.58. The van der Waals surface area contributed by atoms with Crippen LogP contribution in [0, 0.1) is 5.92 Å². The Balaban J connectivity index is 2.02. The first kappa shape index (κ1) is 12.4. The lowest BCUT2D eigenvalue weighted by Gasteiger charge is -2.36. The van der Waals surface area contributed by atoms with E-state index in [0.717, 1.165) is 12.5 Å². The average Bonchev–Trinajstić information content (AvgIpc) is 2.88. The number of hydrogen-bond acceptors (Lipinski definition) is 2. The fraction of sp³-hybridized carbons (Fsp3) is 1.00. The van der Waals surface area contributed by atoms with Crippen molar-refractivity contribution in [3.8, 4) is 0 Å². The Hall–Kier alpha value is -0.0800. The summed E-state index contributed by atoms with van der Waals surface area (Å²) in [6, 6.07) is 1.43. The summed E-state index contributed by atoms with van der Waals surface area (Å²) in [5.74, 6) is 0.572. The van der Waals surface area contributed by atoms with Crippen molar-refractivity contribution in [2.24, 2.45) is 5.92 Å². The molecule has 1 saturated carbocycles. The van der Waals surface area contributed by atoms with Gasteiger partial charge in [-0.15, -0.1) is 0 Å². The Bertz CT molecular complexity index is 215. The summed E-state index contributed by atoms with van der Waals surface area (Å²) < 4.78 is 0. The van der Waals surface area contributed by atoms with Gasteiger partial charge in [0.15, 0.2) is 0 Å². The van der Waals surface area contributed by atoms with Crippen molar-refractivity contribution in [1.29, 1.82) is 0 Å². The van der Waals surface area contributed by atoms with Crippen molar-refractivity contribution in [2.75, 3.05) is 6.54 Å². The van der Waals surface area contributed by atoms with Crippen molar-refractivity contribution in [3.05, 3.63) is 0 Å². The van der Waals surface area contributed by atoms with E-state index in [1.807, 2.05) is 0 Å². The maximum absolute atomic E-state index is 10.1. The molecule has 16 heavy (non-hydrogen) atoms. The summed E-state index contributed by atoms with van der Waals surface area (Å²) >= 11 is 0. The Morgan fingerprint density at radius 2 is 1.88 bits per heavy atom. The number of rotatable bonds is 4. The molecule has 0 bridgehead atoms. The first-order valence-electron chi connectivity index (χ1n) is 7.21. The zero-order valence-electron chi connectivity index (χ0n) is 10.9. The number of aliphatic hydroxyl groups excluding tert-OH is 1. The minimum absolute atomic E-state index is 0.0139. The zero-order chi connectivity index (χ0) is 11.5. The predicted octanol–water partition coefficient (Wildman–Crippen LogP) is 2.80. The van der Waals surface area contributed by atoms with E-state index >= 15 is 0 Å². The van der Waals surface area contributed by atoms with E-state index < -0.39 is 0 Å². The number of likely N-dealkylation sites (tertiary alicyclic amines) is 1. The minimum Gasteiger partial charge on any atom is -0.393 e. The molecular weight excluding hydrogens is 198 g/mol. The molecule has 2 rings (SSSR count). The van der Waals surface area contributed by atoms with E-state index in [1.165, 1.54) is 45.1 Å². The molecule has 3 unspecified atom stereocenters. The van der Waals surface area contributed by atoms with Crippen LogP contribution in [0.1, 0.15) is 58.8 Å². The highest BCUT2D eigenvalue weighted by atomic mass is 16.3. The maximum Gasteiger partial charge on any atom is 0.0583 e. The van der Waals surface area contributed by atoms with Gasteiger partial charge >= 0.3 is 0 Å². The van der Waals surface area contributed by atoms with Crippen molar-refractivity contribution >= 4 is 0 Å². The Kier molecular flexibility index (Phi) is 4.26. The van der Waals surface area contributed by atoms with Gasteiger partial charge in [-0.2, -0.15) is 0 Å². The molecule has 0 radical (unpaired) electrons. The molecule has 1 aliphatic heterocycles. The van der Waals surface area contributed by atoms with E-state index in [4.69, 9.17) is 0 Å². The quantitative estimate of drug-likeness (QED) is 0.795. The molecule has 0 amide bonds. The lowest BCUT2D eigenvalue weighted by molar-refractivity contribution is 0.0541. The van der Waals surface area contributed by atoms with Crippen LogP contribution in [-0.2, 0) is 0 Å². The highest BCUT2D eigenvalue weighted by molar-refractivity contribution is 4.93. The van der Waals surface area contributed by atoms with Crippen LogP contribution in [0.25, 0.3) is 0 Å².